The molecule has 0 saturated heterocycles. The zero-order valence-corrected chi connectivity index (χ0v) is 18.4. The zero-order chi connectivity index (χ0) is 21.0. The van der Waals surface area contributed by atoms with Crippen LogP contribution in [-0.4, -0.2) is 23.1 Å². The van der Waals surface area contributed by atoms with Gasteiger partial charge in [0.1, 0.15) is 0 Å². The highest BCUT2D eigenvalue weighted by Crippen LogP contribution is 2.61. The Hall–Kier alpha value is -2.01. The molecule has 0 bridgehead atoms. The molecule has 6 nitrogen and oxygen atoms in total. The topological polar surface area (TPSA) is 77.5 Å². The van der Waals surface area contributed by atoms with Gasteiger partial charge in [-0.25, -0.2) is 0 Å². The lowest BCUT2D eigenvalue weighted by Gasteiger charge is -2.29. The molecule has 156 valence electrons. The van der Waals surface area contributed by atoms with E-state index in [1.54, 1.807) is 6.20 Å². The van der Waals surface area contributed by atoms with E-state index in [4.69, 9.17) is 9.05 Å². The number of para-hydroxylation sites is 1. The van der Waals surface area contributed by atoms with Crippen molar-refractivity contribution in [2.24, 2.45) is 0 Å². The summed E-state index contributed by atoms with van der Waals surface area (Å²) in [5.41, 5.74) is 1.87. The number of nitrogens with one attached hydrogen (secondary N) is 1. The summed E-state index contributed by atoms with van der Waals surface area (Å²) in [6.45, 7) is 7.28. The van der Waals surface area contributed by atoms with Crippen LogP contribution in [0.2, 0.25) is 0 Å². The van der Waals surface area contributed by atoms with Crippen LogP contribution in [0.5, 0.6) is 0 Å². The van der Waals surface area contributed by atoms with E-state index in [0.29, 0.717) is 29.4 Å². The van der Waals surface area contributed by atoms with Crippen LogP contribution in [0.3, 0.4) is 0 Å². The van der Waals surface area contributed by atoms with Crippen molar-refractivity contribution in [3.63, 3.8) is 0 Å². The van der Waals surface area contributed by atoms with E-state index >= 15 is 0 Å². The molecule has 1 heterocycles. The van der Waals surface area contributed by atoms with Gasteiger partial charge in [-0.2, -0.15) is 0 Å². The third-order valence-electron chi connectivity index (χ3n) is 4.62. The monoisotopic (exact) mass is 416 g/mol. The molecule has 0 atom stereocenters. The van der Waals surface area contributed by atoms with E-state index in [1.807, 2.05) is 58.0 Å². The van der Waals surface area contributed by atoms with Gasteiger partial charge in [-0.1, -0.05) is 18.2 Å². The molecule has 1 amide bonds. The molecular weight excluding hydrogens is 387 g/mol. The Morgan fingerprint density at radius 1 is 1.03 bits per heavy atom. The minimum atomic E-state index is -3.57. The van der Waals surface area contributed by atoms with E-state index in [2.05, 4.69) is 10.3 Å². The minimum Gasteiger partial charge on any atom is -0.320 e. The Kier molecular flexibility index (Phi) is 6.89. The molecular formula is C22H29N2O4P. The van der Waals surface area contributed by atoms with Gasteiger partial charge in [0, 0.05) is 17.2 Å². The van der Waals surface area contributed by atoms with Gasteiger partial charge in [0.25, 0.3) is 5.91 Å². The first-order chi connectivity index (χ1) is 13.8. The third kappa shape index (κ3) is 5.13. The van der Waals surface area contributed by atoms with E-state index in [9.17, 15) is 9.36 Å². The Morgan fingerprint density at radius 2 is 1.69 bits per heavy atom. The lowest BCUT2D eigenvalue weighted by atomic mass is 9.98. The number of nitrogens with zero attached hydrogens (tertiary/aromatic N) is 1. The second kappa shape index (κ2) is 9.21. The highest BCUT2D eigenvalue weighted by molar-refractivity contribution is 7.58. The molecule has 0 fully saturated rings. The number of aromatic nitrogens is 1. The Balaban J connectivity index is 1.99. The summed E-state index contributed by atoms with van der Waals surface area (Å²) in [5, 5.41) is 4.43. The molecule has 0 unspecified atom stereocenters. The highest BCUT2D eigenvalue weighted by atomic mass is 31.2. The Morgan fingerprint density at radius 3 is 2.38 bits per heavy atom. The lowest BCUT2D eigenvalue weighted by Crippen LogP contribution is -2.20. The second-order valence-electron chi connectivity index (χ2n) is 7.77. The molecule has 0 spiro atoms. The predicted octanol–water partition coefficient (Wildman–Crippen LogP) is 6.04. The van der Waals surface area contributed by atoms with Gasteiger partial charge in [0.15, 0.2) is 0 Å². The number of hydrogen-bond donors (Lipinski definition) is 1. The minimum absolute atomic E-state index is 0.266. The maximum Gasteiger partial charge on any atom is 0.358 e. The van der Waals surface area contributed by atoms with Crippen molar-refractivity contribution in [2.45, 2.75) is 65.6 Å². The summed E-state index contributed by atoms with van der Waals surface area (Å²) >= 11 is 0. The van der Waals surface area contributed by atoms with Crippen molar-refractivity contribution >= 4 is 30.1 Å². The smallest absolute Gasteiger partial charge is 0.320 e. The highest BCUT2D eigenvalue weighted by Gasteiger charge is 2.38. The fraction of sp³-hybridized carbons (Fsp3) is 0.455. The van der Waals surface area contributed by atoms with Crippen LogP contribution in [0.4, 0.5) is 5.69 Å². The quantitative estimate of drug-likeness (QED) is 0.557. The van der Waals surface area contributed by atoms with Crippen LogP contribution in [0, 0.1) is 0 Å². The molecule has 1 aliphatic rings. The summed E-state index contributed by atoms with van der Waals surface area (Å²) < 4.78 is 25.2. The molecule has 0 aliphatic heterocycles. The molecule has 7 heteroatoms. The van der Waals surface area contributed by atoms with Crippen LogP contribution in [0.1, 0.15) is 53.4 Å². The fourth-order valence-electron chi connectivity index (χ4n) is 3.55. The van der Waals surface area contributed by atoms with E-state index < -0.39 is 7.60 Å². The normalized spacial score (nSPS) is 15.4. The van der Waals surface area contributed by atoms with Gasteiger partial charge in [-0.15, -0.1) is 0 Å². The van der Waals surface area contributed by atoms with E-state index in [-0.39, 0.29) is 18.1 Å². The Labute approximate surface area is 172 Å². The average Bonchev–Trinajstić information content (AvgIpc) is 2.67. The molecule has 0 saturated carbocycles. The van der Waals surface area contributed by atoms with Crippen molar-refractivity contribution in [2.75, 3.05) is 5.32 Å². The zero-order valence-electron chi connectivity index (χ0n) is 17.5. The summed E-state index contributed by atoms with van der Waals surface area (Å²) in [7, 11) is -3.57. The summed E-state index contributed by atoms with van der Waals surface area (Å²) in [4.78, 5) is 17.6. The number of pyridine rings is 1. The fourth-order valence-corrected chi connectivity index (χ4v) is 5.94. The molecule has 1 N–H and O–H groups in total. The van der Waals surface area contributed by atoms with Crippen molar-refractivity contribution in [3.05, 3.63) is 47.4 Å². The molecule has 3 rings (SSSR count). The number of allylic oxidation sites excluding steroid dienone is 1. The Bertz CT molecular complexity index is 949. The molecule has 1 aromatic carbocycles. The molecule has 1 aliphatic carbocycles. The van der Waals surface area contributed by atoms with Gasteiger partial charge in [0.05, 0.1) is 28.7 Å². The van der Waals surface area contributed by atoms with Crippen molar-refractivity contribution in [1.29, 1.82) is 0 Å². The van der Waals surface area contributed by atoms with Crippen LogP contribution in [0.15, 0.2) is 47.4 Å². The van der Waals surface area contributed by atoms with Gasteiger partial charge < -0.3 is 14.4 Å². The maximum absolute atomic E-state index is 13.7. The van der Waals surface area contributed by atoms with Crippen LogP contribution >= 0.6 is 7.60 Å². The third-order valence-corrected chi connectivity index (χ3v) is 7.18. The summed E-state index contributed by atoms with van der Waals surface area (Å²) in [5.74, 6) is -0.266. The molecule has 29 heavy (non-hydrogen) atoms. The molecule has 0 radical (unpaired) electrons. The van der Waals surface area contributed by atoms with Gasteiger partial charge in [-0.3, -0.25) is 14.3 Å². The van der Waals surface area contributed by atoms with Crippen molar-refractivity contribution in [1.82, 2.24) is 4.98 Å². The van der Waals surface area contributed by atoms with E-state index in [0.717, 1.165) is 23.7 Å². The standard InChI is InChI=1S/C22H29N2O4P/c1-15(2)27-29(26,28-16(3)4)20-13-6-5-11-18(20)22(25)24-19-12-7-9-17-10-8-14-23-21(17)19/h7-10,12,14-16H,5-6,11,13H2,1-4H3,(H,24,25). The van der Waals surface area contributed by atoms with Gasteiger partial charge >= 0.3 is 7.60 Å². The number of fused-ring (bicyclic) bond motifs is 1. The van der Waals surface area contributed by atoms with Gasteiger partial charge in [0.2, 0.25) is 0 Å². The summed E-state index contributed by atoms with van der Waals surface area (Å²) in [6, 6.07) is 9.46. The number of carbonyl (C=O) groups is 1. The van der Waals surface area contributed by atoms with Crippen molar-refractivity contribution < 1.29 is 18.4 Å². The average molecular weight is 416 g/mol. The SMILES string of the molecule is CC(C)OP(=O)(OC(C)C)C1=C(C(=O)Nc2cccc3cccnc23)CCCC1. The predicted molar refractivity (Wildman–Crippen MR) is 116 cm³/mol. The maximum atomic E-state index is 13.7. The molecule has 1 aromatic heterocycles. The number of anilines is 1. The number of carbonyl (C=O) groups excluding carboxylic acids is 1. The number of amides is 1. The van der Waals surface area contributed by atoms with Crippen LogP contribution < -0.4 is 5.32 Å². The van der Waals surface area contributed by atoms with Crippen LogP contribution in [0.25, 0.3) is 10.9 Å². The molecule has 2 aromatic rings. The van der Waals surface area contributed by atoms with Crippen molar-refractivity contribution in [3.8, 4) is 0 Å². The van der Waals surface area contributed by atoms with Crippen LogP contribution in [-0.2, 0) is 18.4 Å². The number of hydrogen-bond acceptors (Lipinski definition) is 5. The first-order valence-electron chi connectivity index (χ1n) is 10.1. The van der Waals surface area contributed by atoms with Gasteiger partial charge in [-0.05, 0) is 65.5 Å². The number of rotatable bonds is 7. The summed E-state index contributed by atoms with van der Waals surface area (Å²) in [6.07, 6.45) is 3.95. The first kappa shape index (κ1) is 21.7. The van der Waals surface area contributed by atoms with E-state index in [1.165, 1.54) is 0 Å². The number of benzene rings is 1. The lowest BCUT2D eigenvalue weighted by molar-refractivity contribution is -0.113. The largest absolute Gasteiger partial charge is 0.358 e. The first-order valence-corrected chi connectivity index (χ1v) is 11.7. The second-order valence-corrected chi connectivity index (χ2v) is 9.73.